The lowest BCUT2D eigenvalue weighted by molar-refractivity contribution is 0.401. The van der Waals surface area contributed by atoms with Crippen molar-refractivity contribution in [2.45, 2.75) is 77.2 Å². The molecule has 5 rings (SSSR count). The van der Waals surface area contributed by atoms with E-state index in [1.165, 1.54) is 71.0 Å². The van der Waals surface area contributed by atoms with Crippen LogP contribution in [-0.2, 0) is 5.54 Å². The predicted octanol–water partition coefficient (Wildman–Crippen LogP) is 8.84. The van der Waals surface area contributed by atoms with Gasteiger partial charge < -0.3 is 10.3 Å². The van der Waals surface area contributed by atoms with Crippen molar-refractivity contribution in [3.8, 4) is 0 Å². The van der Waals surface area contributed by atoms with Crippen LogP contribution in [0.2, 0.25) is 0 Å². The summed E-state index contributed by atoms with van der Waals surface area (Å²) in [7, 11) is 0. The van der Waals surface area contributed by atoms with Crippen molar-refractivity contribution in [3.05, 3.63) is 89.2 Å². The largest absolute Gasteiger partial charge is 0.399 e. The molecule has 0 amide bonds. The fourth-order valence-electron chi connectivity index (χ4n) is 5.90. The molecule has 2 N–H and O–H groups in total. The number of aromatic nitrogens is 1. The molecule has 1 aromatic heterocycles. The molecular formula is C32H38N2. The van der Waals surface area contributed by atoms with Crippen molar-refractivity contribution in [1.29, 1.82) is 0 Å². The van der Waals surface area contributed by atoms with Crippen LogP contribution < -0.4 is 5.73 Å². The normalized spacial score (nSPS) is 21.9. The van der Waals surface area contributed by atoms with Crippen LogP contribution in [0.3, 0.4) is 0 Å². The van der Waals surface area contributed by atoms with Crippen molar-refractivity contribution in [1.82, 2.24) is 4.57 Å². The second kappa shape index (κ2) is 9.33. The molecule has 2 nitrogen and oxygen atoms in total. The van der Waals surface area contributed by atoms with Crippen LogP contribution in [0.1, 0.15) is 88.5 Å². The Balaban J connectivity index is 1.54. The van der Waals surface area contributed by atoms with Gasteiger partial charge in [-0.15, -0.1) is 0 Å². The highest BCUT2D eigenvalue weighted by molar-refractivity contribution is 5.98. The van der Waals surface area contributed by atoms with Gasteiger partial charge in [0.2, 0.25) is 0 Å². The summed E-state index contributed by atoms with van der Waals surface area (Å²) in [6.45, 7) is 7.08. The Bertz CT molecular complexity index is 1270. The zero-order valence-electron chi connectivity index (χ0n) is 21.0. The van der Waals surface area contributed by atoms with Gasteiger partial charge in [0.25, 0.3) is 0 Å². The van der Waals surface area contributed by atoms with Crippen LogP contribution in [-0.4, -0.2) is 4.57 Å². The molecule has 2 heteroatoms. The summed E-state index contributed by atoms with van der Waals surface area (Å²) in [5.74, 6) is 0.449. The number of rotatable bonds is 7. The van der Waals surface area contributed by atoms with E-state index in [2.05, 4.69) is 86.0 Å². The van der Waals surface area contributed by atoms with Gasteiger partial charge in [-0.3, -0.25) is 0 Å². The molecule has 2 aliphatic rings. The number of benzene rings is 2. The van der Waals surface area contributed by atoms with Gasteiger partial charge in [-0.25, -0.2) is 0 Å². The number of nitrogen functional groups attached to an aromatic ring is 1. The SMILES string of the molecule is CCCCCCC1=CCC(C)(n2c3c(c4ccccc42)C=C(c2ccc(N)cc2)CC3C)C=C1. The lowest BCUT2D eigenvalue weighted by Crippen LogP contribution is -2.31. The predicted molar refractivity (Wildman–Crippen MR) is 148 cm³/mol. The Hall–Kier alpha value is -3.00. The van der Waals surface area contributed by atoms with Crippen LogP contribution in [0.4, 0.5) is 5.69 Å². The van der Waals surface area contributed by atoms with E-state index in [1.54, 1.807) is 0 Å². The highest BCUT2D eigenvalue weighted by Crippen LogP contribution is 2.46. The summed E-state index contributed by atoms with van der Waals surface area (Å²) in [6, 6.07) is 17.3. The molecule has 34 heavy (non-hydrogen) atoms. The van der Waals surface area contributed by atoms with E-state index in [0.717, 1.165) is 18.5 Å². The van der Waals surface area contributed by atoms with Gasteiger partial charge in [0.15, 0.2) is 0 Å². The Kier molecular flexibility index (Phi) is 6.25. The van der Waals surface area contributed by atoms with Gasteiger partial charge in [0, 0.05) is 33.8 Å². The third-order valence-electron chi connectivity index (χ3n) is 7.81. The lowest BCUT2D eigenvalue weighted by Gasteiger charge is -2.35. The summed E-state index contributed by atoms with van der Waals surface area (Å²) >= 11 is 0. The van der Waals surface area contributed by atoms with Crippen LogP contribution in [0, 0.1) is 0 Å². The highest BCUT2D eigenvalue weighted by atomic mass is 15.1. The summed E-state index contributed by atoms with van der Waals surface area (Å²) in [5.41, 5.74) is 15.1. The molecule has 3 aromatic rings. The molecule has 0 fully saturated rings. The Morgan fingerprint density at radius 2 is 1.82 bits per heavy atom. The second-order valence-corrected chi connectivity index (χ2v) is 10.5. The molecule has 0 radical (unpaired) electrons. The van der Waals surface area contributed by atoms with Crippen molar-refractivity contribution in [3.63, 3.8) is 0 Å². The molecule has 0 aliphatic heterocycles. The first-order chi connectivity index (χ1) is 16.5. The van der Waals surface area contributed by atoms with E-state index in [9.17, 15) is 0 Å². The van der Waals surface area contributed by atoms with E-state index in [-0.39, 0.29) is 5.54 Å². The van der Waals surface area contributed by atoms with E-state index in [4.69, 9.17) is 5.73 Å². The van der Waals surface area contributed by atoms with Crippen molar-refractivity contribution >= 4 is 28.2 Å². The van der Waals surface area contributed by atoms with E-state index in [0.29, 0.717) is 5.92 Å². The minimum absolute atomic E-state index is 0.0408. The number of allylic oxidation sites excluding steroid dienone is 5. The van der Waals surface area contributed by atoms with Gasteiger partial charge in [0.05, 0.1) is 5.54 Å². The summed E-state index contributed by atoms with van der Waals surface area (Å²) in [6.07, 6.45) is 18.4. The molecule has 1 heterocycles. The third-order valence-corrected chi connectivity index (χ3v) is 7.81. The van der Waals surface area contributed by atoms with Gasteiger partial charge in [-0.1, -0.05) is 87.2 Å². The number of nitrogens with zero attached hydrogens (tertiary/aromatic N) is 1. The number of hydrogen-bond acceptors (Lipinski definition) is 1. The Morgan fingerprint density at radius 1 is 1.03 bits per heavy atom. The third kappa shape index (κ3) is 4.15. The molecule has 176 valence electrons. The molecule has 0 bridgehead atoms. The maximum absolute atomic E-state index is 5.95. The zero-order chi connectivity index (χ0) is 23.7. The molecule has 2 unspecified atom stereocenters. The van der Waals surface area contributed by atoms with Crippen molar-refractivity contribution < 1.29 is 0 Å². The minimum Gasteiger partial charge on any atom is -0.399 e. The second-order valence-electron chi connectivity index (χ2n) is 10.5. The van der Waals surface area contributed by atoms with E-state index >= 15 is 0 Å². The van der Waals surface area contributed by atoms with E-state index in [1.807, 2.05) is 12.1 Å². The molecule has 0 saturated carbocycles. The monoisotopic (exact) mass is 450 g/mol. The van der Waals surface area contributed by atoms with Crippen LogP contribution in [0.15, 0.2) is 72.3 Å². The van der Waals surface area contributed by atoms with Crippen molar-refractivity contribution in [2.24, 2.45) is 0 Å². The number of nitrogens with two attached hydrogens (primary N) is 1. The highest BCUT2D eigenvalue weighted by Gasteiger charge is 2.34. The van der Waals surface area contributed by atoms with E-state index < -0.39 is 0 Å². The summed E-state index contributed by atoms with van der Waals surface area (Å²) < 4.78 is 2.65. The Labute approximate surface area is 204 Å². The standard InChI is InChI=1S/C32H38N2/c1-4-5-6-7-10-24-17-19-32(3,20-18-24)34-30-12-9-8-11-28(30)29-22-26(21-23(2)31(29)34)25-13-15-27(33)16-14-25/h8-9,11-19,22-23H,4-7,10,20-21,33H2,1-3H3. The number of anilines is 1. The summed E-state index contributed by atoms with van der Waals surface area (Å²) in [4.78, 5) is 0. The van der Waals surface area contributed by atoms with Crippen LogP contribution >= 0.6 is 0 Å². The van der Waals surface area contributed by atoms with Crippen molar-refractivity contribution in [2.75, 3.05) is 5.73 Å². The fraction of sp³-hybridized carbons (Fsp3) is 0.375. The van der Waals surface area contributed by atoms with Crippen LogP contribution in [0.5, 0.6) is 0 Å². The average Bonchev–Trinajstić information content (AvgIpc) is 3.19. The Morgan fingerprint density at radius 3 is 2.56 bits per heavy atom. The zero-order valence-corrected chi connectivity index (χ0v) is 21.0. The van der Waals surface area contributed by atoms with Crippen LogP contribution in [0.25, 0.3) is 22.6 Å². The number of fused-ring (bicyclic) bond motifs is 3. The van der Waals surface area contributed by atoms with Gasteiger partial charge in [-0.2, -0.15) is 0 Å². The number of para-hydroxylation sites is 1. The first kappa shape index (κ1) is 22.8. The maximum atomic E-state index is 5.95. The number of hydrogen-bond donors (Lipinski definition) is 1. The number of unbranched alkanes of at least 4 members (excludes halogenated alkanes) is 3. The van der Waals surface area contributed by atoms with Gasteiger partial charge in [-0.05, 0) is 68.0 Å². The molecular weight excluding hydrogens is 412 g/mol. The smallest absolute Gasteiger partial charge is 0.0640 e. The molecule has 2 aromatic carbocycles. The fourth-order valence-corrected chi connectivity index (χ4v) is 5.90. The molecule has 0 saturated heterocycles. The lowest BCUT2D eigenvalue weighted by atomic mass is 9.83. The quantitative estimate of drug-likeness (QED) is 0.283. The first-order valence-electron chi connectivity index (χ1n) is 13.1. The molecule has 0 spiro atoms. The average molecular weight is 451 g/mol. The first-order valence-corrected chi connectivity index (χ1v) is 13.1. The topological polar surface area (TPSA) is 30.9 Å². The van der Waals surface area contributed by atoms with Gasteiger partial charge in [0.1, 0.15) is 0 Å². The molecule has 2 aliphatic carbocycles. The maximum Gasteiger partial charge on any atom is 0.0640 e. The summed E-state index contributed by atoms with van der Waals surface area (Å²) in [5, 5.41) is 1.36. The minimum atomic E-state index is -0.0408. The molecule has 2 atom stereocenters. The van der Waals surface area contributed by atoms with Gasteiger partial charge >= 0.3 is 0 Å².